The molecule has 1 aliphatic carbocycles. The van der Waals surface area contributed by atoms with E-state index in [-0.39, 0.29) is 0 Å². The molecule has 0 bridgehead atoms. The average molecular weight is 376 g/mol. The van der Waals surface area contributed by atoms with Gasteiger partial charge in [-0.3, -0.25) is 9.59 Å². The smallest absolute Gasteiger partial charge is 0.331 e. The van der Waals surface area contributed by atoms with Gasteiger partial charge >= 0.3 is 5.97 Å². The zero-order valence-electron chi connectivity index (χ0n) is 13.2. The van der Waals surface area contributed by atoms with Crippen molar-refractivity contribution in [2.45, 2.75) is 19.3 Å². The van der Waals surface area contributed by atoms with Gasteiger partial charge in [-0.2, -0.15) is 0 Å². The minimum Gasteiger partial charge on any atom is -0.452 e. The number of carbonyl (C=O) groups excluding carboxylic acids is 3. The van der Waals surface area contributed by atoms with E-state index < -0.39 is 24.4 Å². The molecule has 3 rings (SSSR count). The van der Waals surface area contributed by atoms with E-state index in [2.05, 4.69) is 5.32 Å². The van der Waals surface area contributed by atoms with Crippen LogP contribution >= 0.6 is 22.7 Å². The predicted molar refractivity (Wildman–Crippen MR) is 97.8 cm³/mol. The molecule has 2 aromatic rings. The topological polar surface area (TPSA) is 98.5 Å². The minimum absolute atomic E-state index is 0.384. The number of nitrogens with two attached hydrogens (primary N) is 1. The number of primary amides is 1. The summed E-state index contributed by atoms with van der Waals surface area (Å²) in [7, 11) is 0. The van der Waals surface area contributed by atoms with Crippen LogP contribution in [0.4, 0.5) is 5.00 Å². The fraction of sp³-hybridized carbons (Fsp3) is 0.235. The van der Waals surface area contributed by atoms with Gasteiger partial charge in [0, 0.05) is 15.8 Å². The lowest BCUT2D eigenvalue weighted by Crippen LogP contribution is -2.22. The fourth-order valence-electron chi connectivity index (χ4n) is 2.64. The maximum absolute atomic E-state index is 12.0. The second-order valence-electron chi connectivity index (χ2n) is 5.43. The van der Waals surface area contributed by atoms with Crippen molar-refractivity contribution in [3.05, 3.63) is 44.5 Å². The second-order valence-corrected chi connectivity index (χ2v) is 7.51. The molecule has 0 unspecified atom stereocenters. The van der Waals surface area contributed by atoms with Crippen molar-refractivity contribution in [1.29, 1.82) is 0 Å². The Morgan fingerprint density at radius 2 is 2.16 bits per heavy atom. The third-order valence-corrected chi connectivity index (χ3v) is 5.74. The monoisotopic (exact) mass is 376 g/mol. The molecule has 3 N–H and O–H groups in total. The lowest BCUT2D eigenvalue weighted by Gasteiger charge is -2.06. The van der Waals surface area contributed by atoms with E-state index in [9.17, 15) is 14.4 Å². The van der Waals surface area contributed by atoms with Crippen molar-refractivity contribution in [2.24, 2.45) is 5.73 Å². The van der Waals surface area contributed by atoms with Crippen LogP contribution in [0.15, 0.2) is 23.6 Å². The number of ether oxygens (including phenoxy) is 1. The maximum atomic E-state index is 12.0. The summed E-state index contributed by atoms with van der Waals surface area (Å²) in [6.07, 6.45) is 5.57. The molecule has 130 valence electrons. The Morgan fingerprint density at radius 1 is 1.32 bits per heavy atom. The summed E-state index contributed by atoms with van der Waals surface area (Å²) in [6, 6.07) is 3.74. The van der Waals surface area contributed by atoms with Gasteiger partial charge in [0.25, 0.3) is 11.8 Å². The molecular weight excluding hydrogens is 360 g/mol. The number of hydrogen-bond acceptors (Lipinski definition) is 6. The first-order chi connectivity index (χ1) is 12.0. The van der Waals surface area contributed by atoms with Crippen LogP contribution in [0, 0.1) is 0 Å². The summed E-state index contributed by atoms with van der Waals surface area (Å²) in [5, 5.41) is 4.96. The van der Waals surface area contributed by atoms with E-state index in [1.165, 1.54) is 28.7 Å². The summed E-state index contributed by atoms with van der Waals surface area (Å²) in [6.45, 7) is -0.422. The standard InChI is InChI=1S/C17H16N2O4S2/c18-16(22)15-11-4-1-5-12(11)25-17(15)19-13(20)9-23-14(21)7-6-10-3-2-8-24-10/h2-3,6-8H,1,4-5,9H2,(H2,18,22)(H,19,20)/b7-6+. The van der Waals surface area contributed by atoms with Crippen LogP contribution in [0.5, 0.6) is 0 Å². The first kappa shape index (κ1) is 17.4. The van der Waals surface area contributed by atoms with Crippen molar-refractivity contribution >= 4 is 51.5 Å². The molecule has 2 aromatic heterocycles. The molecule has 0 fully saturated rings. The minimum atomic E-state index is -0.604. The summed E-state index contributed by atoms with van der Waals surface area (Å²) in [5.74, 6) is -1.65. The lowest BCUT2D eigenvalue weighted by atomic mass is 10.1. The van der Waals surface area contributed by atoms with Gasteiger partial charge in [0.1, 0.15) is 5.00 Å². The number of anilines is 1. The van der Waals surface area contributed by atoms with Gasteiger partial charge in [-0.25, -0.2) is 4.79 Å². The quantitative estimate of drug-likeness (QED) is 0.598. The number of esters is 1. The van der Waals surface area contributed by atoms with Crippen LogP contribution in [-0.2, 0) is 27.2 Å². The van der Waals surface area contributed by atoms with Gasteiger partial charge < -0.3 is 15.8 Å². The van der Waals surface area contributed by atoms with Crippen molar-refractivity contribution in [2.75, 3.05) is 11.9 Å². The van der Waals surface area contributed by atoms with Crippen molar-refractivity contribution in [3.8, 4) is 0 Å². The van der Waals surface area contributed by atoms with E-state index in [4.69, 9.17) is 10.5 Å². The lowest BCUT2D eigenvalue weighted by molar-refractivity contribution is -0.142. The number of hydrogen-bond donors (Lipinski definition) is 2. The Kier molecular flexibility index (Phi) is 5.30. The Hall–Kier alpha value is -2.45. The van der Waals surface area contributed by atoms with Gasteiger partial charge in [0.2, 0.25) is 0 Å². The van der Waals surface area contributed by atoms with Crippen molar-refractivity contribution in [3.63, 3.8) is 0 Å². The fourth-order valence-corrected chi connectivity index (χ4v) is 4.57. The highest BCUT2D eigenvalue weighted by atomic mass is 32.1. The normalized spacial score (nSPS) is 13.0. The summed E-state index contributed by atoms with van der Waals surface area (Å²) >= 11 is 2.85. The summed E-state index contributed by atoms with van der Waals surface area (Å²) in [4.78, 5) is 37.3. The van der Waals surface area contributed by atoms with Crippen LogP contribution < -0.4 is 11.1 Å². The third kappa shape index (κ3) is 4.15. The van der Waals surface area contributed by atoms with E-state index in [1.54, 1.807) is 6.08 Å². The molecule has 0 radical (unpaired) electrons. The number of amides is 2. The predicted octanol–water partition coefficient (Wildman–Crippen LogP) is 2.59. The van der Waals surface area contributed by atoms with E-state index in [0.717, 1.165) is 34.6 Å². The molecule has 0 aromatic carbocycles. The number of carbonyl (C=O) groups is 3. The van der Waals surface area contributed by atoms with Gasteiger partial charge in [-0.1, -0.05) is 6.07 Å². The Morgan fingerprint density at radius 3 is 2.88 bits per heavy atom. The highest BCUT2D eigenvalue weighted by Gasteiger charge is 2.26. The van der Waals surface area contributed by atoms with Crippen LogP contribution in [0.25, 0.3) is 6.08 Å². The summed E-state index contributed by atoms with van der Waals surface area (Å²) < 4.78 is 4.91. The molecule has 2 heterocycles. The zero-order valence-corrected chi connectivity index (χ0v) is 14.9. The van der Waals surface area contributed by atoms with E-state index in [0.29, 0.717) is 10.6 Å². The largest absolute Gasteiger partial charge is 0.452 e. The Labute approximate surface area is 152 Å². The van der Waals surface area contributed by atoms with Crippen molar-refractivity contribution in [1.82, 2.24) is 0 Å². The van der Waals surface area contributed by atoms with E-state index >= 15 is 0 Å². The van der Waals surface area contributed by atoms with Crippen LogP contribution in [0.2, 0.25) is 0 Å². The van der Waals surface area contributed by atoms with Gasteiger partial charge in [-0.15, -0.1) is 22.7 Å². The molecule has 6 nitrogen and oxygen atoms in total. The molecule has 25 heavy (non-hydrogen) atoms. The molecule has 0 aliphatic heterocycles. The molecule has 8 heteroatoms. The SMILES string of the molecule is NC(=O)c1c(NC(=O)COC(=O)/C=C/c2cccs2)sc2c1CCC2. The first-order valence-electron chi connectivity index (χ1n) is 7.67. The first-order valence-corrected chi connectivity index (χ1v) is 9.36. The van der Waals surface area contributed by atoms with Crippen LogP contribution in [-0.4, -0.2) is 24.4 Å². The Bertz CT molecular complexity index is 837. The maximum Gasteiger partial charge on any atom is 0.331 e. The number of thiophene rings is 2. The Balaban J connectivity index is 1.56. The molecule has 0 saturated heterocycles. The molecule has 0 atom stereocenters. The number of nitrogens with one attached hydrogen (secondary N) is 1. The van der Waals surface area contributed by atoms with Crippen molar-refractivity contribution < 1.29 is 19.1 Å². The number of fused-ring (bicyclic) bond motifs is 1. The average Bonchev–Trinajstić information content (AvgIpc) is 3.27. The van der Waals surface area contributed by atoms with E-state index in [1.807, 2.05) is 17.5 Å². The van der Waals surface area contributed by atoms with Gasteiger partial charge in [0.05, 0.1) is 5.56 Å². The molecule has 2 amide bonds. The third-order valence-electron chi connectivity index (χ3n) is 3.69. The highest BCUT2D eigenvalue weighted by Crippen LogP contribution is 2.38. The van der Waals surface area contributed by atoms with Crippen LogP contribution in [0.1, 0.15) is 32.1 Å². The highest BCUT2D eigenvalue weighted by molar-refractivity contribution is 7.17. The second kappa shape index (κ2) is 7.62. The van der Waals surface area contributed by atoms with Gasteiger partial charge in [-0.05, 0) is 42.3 Å². The number of aryl methyl sites for hydroxylation is 1. The molecule has 0 spiro atoms. The number of rotatable bonds is 6. The molecular formula is C17H16N2O4S2. The molecule has 0 saturated carbocycles. The van der Waals surface area contributed by atoms with Crippen LogP contribution in [0.3, 0.4) is 0 Å². The summed E-state index contributed by atoms with van der Waals surface area (Å²) in [5.41, 5.74) is 6.76. The molecule has 1 aliphatic rings. The zero-order chi connectivity index (χ0) is 17.8. The van der Waals surface area contributed by atoms with Gasteiger partial charge in [0.15, 0.2) is 6.61 Å².